The maximum Gasteiger partial charge on any atom is 0.235 e. The SMILES string of the molecule is O=C(Nc1ccc(Cl)cc1)C1(c2c[nH]c3ccccc23)CC1. The van der Waals surface area contributed by atoms with Gasteiger partial charge in [-0.1, -0.05) is 29.8 Å². The van der Waals surface area contributed by atoms with E-state index in [9.17, 15) is 4.79 Å². The standard InChI is InChI=1S/C18H15ClN2O/c19-12-5-7-13(8-6-12)21-17(22)18(9-10-18)15-11-20-16-4-2-1-3-14(15)16/h1-8,11,20H,9-10H2,(H,21,22). The summed E-state index contributed by atoms with van der Waals surface area (Å²) in [5.74, 6) is 0.0552. The number of hydrogen-bond acceptors (Lipinski definition) is 1. The molecule has 22 heavy (non-hydrogen) atoms. The van der Waals surface area contributed by atoms with Gasteiger partial charge >= 0.3 is 0 Å². The van der Waals surface area contributed by atoms with Crippen molar-refractivity contribution in [2.75, 3.05) is 5.32 Å². The second kappa shape index (κ2) is 4.89. The maximum absolute atomic E-state index is 12.8. The molecule has 2 aromatic carbocycles. The highest BCUT2D eigenvalue weighted by atomic mass is 35.5. The van der Waals surface area contributed by atoms with Gasteiger partial charge in [0.05, 0.1) is 5.41 Å². The number of fused-ring (bicyclic) bond motifs is 1. The fourth-order valence-corrected chi connectivity index (χ4v) is 3.12. The second-order valence-electron chi connectivity index (χ2n) is 5.79. The topological polar surface area (TPSA) is 44.9 Å². The molecule has 110 valence electrons. The van der Waals surface area contributed by atoms with Gasteiger partial charge in [0.2, 0.25) is 5.91 Å². The van der Waals surface area contributed by atoms with Crippen molar-refractivity contribution in [3.05, 3.63) is 65.3 Å². The largest absolute Gasteiger partial charge is 0.361 e. The Kier molecular flexibility index (Phi) is 2.98. The van der Waals surface area contributed by atoms with Crippen LogP contribution in [0.3, 0.4) is 0 Å². The molecule has 4 rings (SSSR count). The fourth-order valence-electron chi connectivity index (χ4n) is 3.00. The Morgan fingerprint density at radius 2 is 1.82 bits per heavy atom. The van der Waals surface area contributed by atoms with Gasteiger partial charge < -0.3 is 10.3 Å². The fraction of sp³-hybridized carbons (Fsp3) is 0.167. The number of para-hydroxylation sites is 1. The van der Waals surface area contributed by atoms with Gasteiger partial charge in [-0.15, -0.1) is 0 Å². The Balaban J connectivity index is 1.66. The number of carbonyl (C=O) groups is 1. The molecule has 0 spiro atoms. The van der Waals surface area contributed by atoms with Gasteiger partial charge in [-0.2, -0.15) is 0 Å². The summed E-state index contributed by atoms with van der Waals surface area (Å²) in [7, 11) is 0. The lowest BCUT2D eigenvalue weighted by Crippen LogP contribution is -2.27. The van der Waals surface area contributed by atoms with Crippen LogP contribution in [0, 0.1) is 0 Å². The number of nitrogens with one attached hydrogen (secondary N) is 2. The number of H-pyrrole nitrogens is 1. The summed E-state index contributed by atoms with van der Waals surface area (Å²) in [5.41, 5.74) is 2.54. The molecule has 0 radical (unpaired) electrons. The number of amides is 1. The number of aromatic nitrogens is 1. The van der Waals surface area contributed by atoms with E-state index in [4.69, 9.17) is 11.6 Å². The summed E-state index contributed by atoms with van der Waals surface area (Å²) < 4.78 is 0. The molecular formula is C18H15ClN2O. The molecular weight excluding hydrogens is 296 g/mol. The Hall–Kier alpha value is -2.26. The first kappa shape index (κ1) is 13.4. The van der Waals surface area contributed by atoms with E-state index in [0.29, 0.717) is 5.02 Å². The molecule has 1 heterocycles. The predicted octanol–water partition coefficient (Wildman–Crippen LogP) is 4.49. The molecule has 1 aromatic heterocycles. The van der Waals surface area contributed by atoms with Gasteiger partial charge in [-0.25, -0.2) is 0 Å². The van der Waals surface area contributed by atoms with Crippen LogP contribution in [-0.4, -0.2) is 10.9 Å². The van der Waals surface area contributed by atoms with Crippen LogP contribution in [-0.2, 0) is 10.2 Å². The third-order valence-corrected chi connectivity index (χ3v) is 4.64. The lowest BCUT2D eigenvalue weighted by Gasteiger charge is -2.15. The maximum atomic E-state index is 12.8. The molecule has 0 saturated heterocycles. The molecule has 1 saturated carbocycles. The Morgan fingerprint density at radius 1 is 1.09 bits per heavy atom. The summed E-state index contributed by atoms with van der Waals surface area (Å²) >= 11 is 5.88. The molecule has 3 aromatic rings. The highest BCUT2D eigenvalue weighted by Crippen LogP contribution is 2.51. The molecule has 0 unspecified atom stereocenters. The molecule has 1 aliphatic rings. The smallest absolute Gasteiger partial charge is 0.235 e. The van der Waals surface area contributed by atoms with E-state index in [1.54, 1.807) is 12.1 Å². The lowest BCUT2D eigenvalue weighted by atomic mass is 9.94. The van der Waals surface area contributed by atoms with E-state index < -0.39 is 5.41 Å². The van der Waals surface area contributed by atoms with Crippen molar-refractivity contribution in [2.24, 2.45) is 0 Å². The highest BCUT2D eigenvalue weighted by Gasteiger charge is 2.52. The number of anilines is 1. The number of benzene rings is 2. The van der Waals surface area contributed by atoms with Crippen LogP contribution in [0.25, 0.3) is 10.9 Å². The van der Waals surface area contributed by atoms with Crippen molar-refractivity contribution in [3.8, 4) is 0 Å². The molecule has 1 amide bonds. The molecule has 2 N–H and O–H groups in total. The van der Waals surface area contributed by atoms with Crippen LogP contribution in [0.5, 0.6) is 0 Å². The first-order chi connectivity index (χ1) is 10.7. The average molecular weight is 311 g/mol. The van der Waals surface area contributed by atoms with E-state index in [1.807, 2.05) is 36.5 Å². The van der Waals surface area contributed by atoms with Crippen molar-refractivity contribution in [2.45, 2.75) is 18.3 Å². The van der Waals surface area contributed by atoms with Gasteiger partial charge in [0, 0.05) is 27.8 Å². The van der Waals surface area contributed by atoms with E-state index in [0.717, 1.165) is 35.0 Å². The summed E-state index contributed by atoms with van der Waals surface area (Å²) in [5, 5.41) is 4.81. The average Bonchev–Trinajstić information content (AvgIpc) is 3.23. The lowest BCUT2D eigenvalue weighted by molar-refractivity contribution is -0.118. The molecule has 0 aliphatic heterocycles. The minimum absolute atomic E-state index is 0.0552. The van der Waals surface area contributed by atoms with Crippen LogP contribution in [0.2, 0.25) is 5.02 Å². The third kappa shape index (κ3) is 2.09. The second-order valence-corrected chi connectivity index (χ2v) is 6.23. The van der Waals surface area contributed by atoms with Gasteiger partial charge in [0.15, 0.2) is 0 Å². The number of rotatable bonds is 3. The predicted molar refractivity (Wildman–Crippen MR) is 89.3 cm³/mol. The van der Waals surface area contributed by atoms with Crippen LogP contribution >= 0.6 is 11.6 Å². The van der Waals surface area contributed by atoms with Crippen molar-refractivity contribution >= 4 is 34.1 Å². The van der Waals surface area contributed by atoms with Crippen LogP contribution in [0.15, 0.2) is 54.7 Å². The van der Waals surface area contributed by atoms with E-state index in [1.165, 1.54) is 0 Å². The van der Waals surface area contributed by atoms with E-state index >= 15 is 0 Å². The first-order valence-corrected chi connectivity index (χ1v) is 7.70. The summed E-state index contributed by atoms with van der Waals surface area (Å²) in [4.78, 5) is 16.0. The molecule has 0 bridgehead atoms. The van der Waals surface area contributed by atoms with Crippen LogP contribution < -0.4 is 5.32 Å². The van der Waals surface area contributed by atoms with E-state index in [2.05, 4.69) is 16.4 Å². The summed E-state index contributed by atoms with van der Waals surface area (Å²) in [6.07, 6.45) is 3.74. The Bertz CT molecular complexity index is 847. The van der Waals surface area contributed by atoms with Gasteiger partial charge in [0.1, 0.15) is 0 Å². The summed E-state index contributed by atoms with van der Waals surface area (Å²) in [6, 6.07) is 15.3. The molecule has 1 fully saturated rings. The number of halogens is 1. The minimum Gasteiger partial charge on any atom is -0.361 e. The normalized spacial score (nSPS) is 15.7. The van der Waals surface area contributed by atoms with Gasteiger partial charge in [-0.05, 0) is 48.7 Å². The van der Waals surface area contributed by atoms with Crippen molar-refractivity contribution in [3.63, 3.8) is 0 Å². The van der Waals surface area contributed by atoms with Crippen molar-refractivity contribution in [1.29, 1.82) is 0 Å². The number of hydrogen-bond donors (Lipinski definition) is 2. The third-order valence-electron chi connectivity index (χ3n) is 4.39. The van der Waals surface area contributed by atoms with Gasteiger partial charge in [0.25, 0.3) is 0 Å². The zero-order valence-electron chi connectivity index (χ0n) is 11.9. The van der Waals surface area contributed by atoms with Crippen molar-refractivity contribution < 1.29 is 4.79 Å². The highest BCUT2D eigenvalue weighted by molar-refractivity contribution is 6.30. The molecule has 4 heteroatoms. The van der Waals surface area contributed by atoms with Gasteiger partial charge in [-0.3, -0.25) is 4.79 Å². The first-order valence-electron chi connectivity index (χ1n) is 7.33. The van der Waals surface area contributed by atoms with Crippen molar-refractivity contribution in [1.82, 2.24) is 4.98 Å². The van der Waals surface area contributed by atoms with Crippen LogP contribution in [0.1, 0.15) is 18.4 Å². The molecule has 1 aliphatic carbocycles. The monoisotopic (exact) mass is 310 g/mol. The quantitative estimate of drug-likeness (QED) is 0.735. The Labute approximate surface area is 133 Å². The van der Waals surface area contributed by atoms with Crippen LogP contribution in [0.4, 0.5) is 5.69 Å². The molecule has 0 atom stereocenters. The zero-order valence-corrected chi connectivity index (χ0v) is 12.7. The molecule has 3 nitrogen and oxygen atoms in total. The summed E-state index contributed by atoms with van der Waals surface area (Å²) in [6.45, 7) is 0. The van der Waals surface area contributed by atoms with E-state index in [-0.39, 0.29) is 5.91 Å². The number of aromatic amines is 1. The zero-order chi connectivity index (χ0) is 15.2. The Morgan fingerprint density at radius 3 is 2.55 bits per heavy atom. The minimum atomic E-state index is -0.404. The number of carbonyl (C=O) groups excluding carboxylic acids is 1.